The lowest BCUT2D eigenvalue weighted by Gasteiger charge is -2.21. The molecule has 1 N–H and O–H groups in total. The maximum Gasteiger partial charge on any atom is 0.228 e. The predicted octanol–water partition coefficient (Wildman–Crippen LogP) is 3.66. The summed E-state index contributed by atoms with van der Waals surface area (Å²) in [6.45, 7) is 8.43. The van der Waals surface area contributed by atoms with Crippen molar-refractivity contribution in [3.63, 3.8) is 0 Å². The maximum atomic E-state index is 5.26. The molecule has 0 amide bonds. The molecule has 8 heteroatoms. The standard InChI is InChI=1S/C16H24BrN5OS/c1-5-18-16(22(4)10-12-6-7-13(17)24-12)19-9-8-14-20-15(11(2)3)21-23-14/h6-7,11H,5,8-10H2,1-4H3,(H,18,19). The van der Waals surface area contributed by atoms with Crippen molar-refractivity contribution in [3.8, 4) is 0 Å². The summed E-state index contributed by atoms with van der Waals surface area (Å²) in [7, 11) is 2.04. The van der Waals surface area contributed by atoms with Gasteiger partial charge in [0, 0.05) is 30.8 Å². The van der Waals surface area contributed by atoms with Crippen LogP contribution in [0.1, 0.15) is 43.3 Å². The molecule has 0 saturated heterocycles. The largest absolute Gasteiger partial charge is 0.357 e. The summed E-state index contributed by atoms with van der Waals surface area (Å²) in [6.07, 6.45) is 0.646. The number of halogens is 1. The predicted molar refractivity (Wildman–Crippen MR) is 102 cm³/mol. The van der Waals surface area contributed by atoms with Crippen LogP contribution in [-0.2, 0) is 13.0 Å². The number of thiophene rings is 1. The van der Waals surface area contributed by atoms with E-state index in [9.17, 15) is 0 Å². The van der Waals surface area contributed by atoms with Crippen molar-refractivity contribution in [2.75, 3.05) is 20.1 Å². The minimum atomic E-state index is 0.277. The molecule has 24 heavy (non-hydrogen) atoms. The number of rotatable bonds is 7. The first-order valence-corrected chi connectivity index (χ1v) is 9.66. The number of aromatic nitrogens is 2. The maximum absolute atomic E-state index is 5.26. The second kappa shape index (κ2) is 9.17. The highest BCUT2D eigenvalue weighted by Crippen LogP contribution is 2.23. The molecular formula is C16H24BrN5OS. The van der Waals surface area contributed by atoms with Crippen LogP contribution in [-0.4, -0.2) is 41.1 Å². The first kappa shape index (κ1) is 18.9. The van der Waals surface area contributed by atoms with Gasteiger partial charge in [-0.3, -0.25) is 4.99 Å². The molecule has 2 aromatic rings. The van der Waals surface area contributed by atoms with Crippen molar-refractivity contribution in [1.29, 1.82) is 0 Å². The summed E-state index contributed by atoms with van der Waals surface area (Å²) < 4.78 is 6.40. The molecule has 2 rings (SSSR count). The Morgan fingerprint density at radius 1 is 1.46 bits per heavy atom. The summed E-state index contributed by atoms with van der Waals surface area (Å²) in [6, 6.07) is 4.19. The van der Waals surface area contributed by atoms with E-state index >= 15 is 0 Å². The van der Waals surface area contributed by atoms with Gasteiger partial charge in [0.25, 0.3) is 0 Å². The Morgan fingerprint density at radius 3 is 2.83 bits per heavy atom. The lowest BCUT2D eigenvalue weighted by atomic mass is 10.2. The number of hydrogen-bond acceptors (Lipinski definition) is 5. The van der Waals surface area contributed by atoms with Crippen molar-refractivity contribution in [2.24, 2.45) is 4.99 Å². The van der Waals surface area contributed by atoms with Crippen LogP contribution in [0.25, 0.3) is 0 Å². The average Bonchev–Trinajstić information content (AvgIpc) is 3.15. The Morgan fingerprint density at radius 2 is 2.25 bits per heavy atom. The van der Waals surface area contributed by atoms with E-state index in [-0.39, 0.29) is 5.92 Å². The zero-order chi connectivity index (χ0) is 17.5. The summed E-state index contributed by atoms with van der Waals surface area (Å²) in [5, 5.41) is 7.30. The van der Waals surface area contributed by atoms with Crippen LogP contribution in [0.3, 0.4) is 0 Å². The Hall–Kier alpha value is -1.41. The number of nitrogens with one attached hydrogen (secondary N) is 1. The Bertz CT molecular complexity index is 667. The van der Waals surface area contributed by atoms with Crippen LogP contribution in [0, 0.1) is 0 Å². The molecule has 0 spiro atoms. The van der Waals surface area contributed by atoms with E-state index < -0.39 is 0 Å². The molecule has 0 bridgehead atoms. The minimum Gasteiger partial charge on any atom is -0.357 e. The minimum absolute atomic E-state index is 0.277. The topological polar surface area (TPSA) is 66.5 Å². The lowest BCUT2D eigenvalue weighted by molar-refractivity contribution is 0.372. The third-order valence-corrected chi connectivity index (χ3v) is 4.91. The van der Waals surface area contributed by atoms with Crippen LogP contribution < -0.4 is 5.32 Å². The zero-order valence-electron chi connectivity index (χ0n) is 14.5. The van der Waals surface area contributed by atoms with Crippen molar-refractivity contribution in [2.45, 2.75) is 39.7 Å². The highest BCUT2D eigenvalue weighted by Gasteiger charge is 2.11. The number of aliphatic imine (C=N–C) groups is 1. The van der Waals surface area contributed by atoms with Crippen molar-refractivity contribution in [3.05, 3.63) is 32.5 Å². The molecule has 0 unspecified atom stereocenters. The zero-order valence-corrected chi connectivity index (χ0v) is 16.9. The van der Waals surface area contributed by atoms with E-state index in [0.717, 1.165) is 28.7 Å². The quantitative estimate of drug-likeness (QED) is 0.553. The fourth-order valence-electron chi connectivity index (χ4n) is 2.08. The van der Waals surface area contributed by atoms with Crippen LogP contribution in [0.15, 0.2) is 25.4 Å². The van der Waals surface area contributed by atoms with E-state index in [1.807, 2.05) is 20.9 Å². The van der Waals surface area contributed by atoms with Gasteiger partial charge in [-0.25, -0.2) is 0 Å². The Kier molecular flexibility index (Phi) is 7.23. The number of guanidine groups is 1. The van der Waals surface area contributed by atoms with Crippen molar-refractivity contribution < 1.29 is 4.52 Å². The van der Waals surface area contributed by atoms with Crippen LogP contribution in [0.5, 0.6) is 0 Å². The molecule has 0 aliphatic heterocycles. The fraction of sp³-hybridized carbons (Fsp3) is 0.562. The molecule has 2 heterocycles. The molecule has 132 valence electrons. The van der Waals surface area contributed by atoms with E-state index in [2.05, 4.69) is 60.3 Å². The van der Waals surface area contributed by atoms with Crippen molar-refractivity contribution in [1.82, 2.24) is 20.4 Å². The molecule has 0 aliphatic rings. The second-order valence-electron chi connectivity index (χ2n) is 5.75. The highest BCUT2D eigenvalue weighted by atomic mass is 79.9. The number of nitrogens with zero attached hydrogens (tertiary/aromatic N) is 4. The monoisotopic (exact) mass is 413 g/mol. The molecule has 0 aliphatic carbocycles. The van der Waals surface area contributed by atoms with Gasteiger partial charge in [-0.1, -0.05) is 19.0 Å². The van der Waals surface area contributed by atoms with Gasteiger partial charge in [0.15, 0.2) is 11.8 Å². The normalized spacial score (nSPS) is 12.0. The fourth-order valence-corrected chi connectivity index (χ4v) is 3.61. The molecular weight excluding hydrogens is 390 g/mol. The second-order valence-corrected chi connectivity index (χ2v) is 8.30. The first-order chi connectivity index (χ1) is 11.5. The van der Waals surface area contributed by atoms with E-state index in [4.69, 9.17) is 4.52 Å². The highest BCUT2D eigenvalue weighted by molar-refractivity contribution is 9.11. The van der Waals surface area contributed by atoms with E-state index in [0.29, 0.717) is 18.9 Å². The third-order valence-electron chi connectivity index (χ3n) is 3.31. The van der Waals surface area contributed by atoms with Gasteiger partial charge in [-0.2, -0.15) is 4.98 Å². The summed E-state index contributed by atoms with van der Waals surface area (Å²) in [5.41, 5.74) is 0. The van der Waals surface area contributed by atoms with Crippen LogP contribution >= 0.6 is 27.3 Å². The van der Waals surface area contributed by atoms with Crippen molar-refractivity contribution >= 4 is 33.2 Å². The average molecular weight is 414 g/mol. The van der Waals surface area contributed by atoms with E-state index in [1.165, 1.54) is 4.88 Å². The van der Waals surface area contributed by atoms with Gasteiger partial charge >= 0.3 is 0 Å². The molecule has 2 aromatic heterocycles. The molecule has 0 saturated carbocycles. The SMILES string of the molecule is CCNC(=NCCc1nc(C(C)C)no1)N(C)Cc1ccc(Br)s1. The molecule has 0 fully saturated rings. The third kappa shape index (κ3) is 5.59. The van der Waals surface area contributed by atoms with Gasteiger partial charge in [0.05, 0.1) is 16.9 Å². The van der Waals surface area contributed by atoms with Gasteiger partial charge in [0.1, 0.15) is 0 Å². The summed E-state index contributed by atoms with van der Waals surface area (Å²) >= 11 is 5.24. The van der Waals surface area contributed by atoms with Gasteiger partial charge in [0.2, 0.25) is 5.89 Å². The summed E-state index contributed by atoms with van der Waals surface area (Å²) in [5.74, 6) is 2.55. The smallest absolute Gasteiger partial charge is 0.228 e. The van der Waals surface area contributed by atoms with Crippen LogP contribution in [0.2, 0.25) is 0 Å². The van der Waals surface area contributed by atoms with E-state index in [1.54, 1.807) is 11.3 Å². The van der Waals surface area contributed by atoms with Gasteiger partial charge in [-0.05, 0) is 35.0 Å². The lowest BCUT2D eigenvalue weighted by Crippen LogP contribution is -2.38. The first-order valence-electron chi connectivity index (χ1n) is 8.05. The van der Waals surface area contributed by atoms with Gasteiger partial charge < -0.3 is 14.7 Å². The Labute approximate surface area is 155 Å². The Balaban J connectivity index is 1.93. The van der Waals surface area contributed by atoms with Crippen LogP contribution in [0.4, 0.5) is 0 Å². The molecule has 0 atom stereocenters. The molecule has 6 nitrogen and oxygen atoms in total. The molecule has 0 radical (unpaired) electrons. The van der Waals surface area contributed by atoms with Gasteiger partial charge in [-0.15, -0.1) is 11.3 Å². The number of hydrogen-bond donors (Lipinski definition) is 1. The molecule has 0 aromatic carbocycles. The summed E-state index contributed by atoms with van der Waals surface area (Å²) in [4.78, 5) is 12.5.